The van der Waals surface area contributed by atoms with Crippen LogP contribution in [0.3, 0.4) is 0 Å². The highest BCUT2D eigenvalue weighted by Gasteiger charge is 2.13. The first-order valence-corrected chi connectivity index (χ1v) is 8.48. The number of nitrogens with zero attached hydrogens (tertiary/aromatic N) is 1. The Morgan fingerprint density at radius 3 is 2.68 bits per heavy atom. The lowest BCUT2D eigenvalue weighted by Gasteiger charge is -2.20. The first kappa shape index (κ1) is 20.7. The minimum absolute atomic E-state index is 0.0145. The molecule has 1 amide bonds. The molecule has 138 valence electrons. The second-order valence-corrected chi connectivity index (χ2v) is 5.45. The average molecular weight is 349 g/mol. The van der Waals surface area contributed by atoms with Crippen molar-refractivity contribution in [2.75, 3.05) is 33.4 Å². The summed E-state index contributed by atoms with van der Waals surface area (Å²) in [6.07, 6.45) is 4.65. The molecule has 0 aliphatic rings. The van der Waals surface area contributed by atoms with Gasteiger partial charge in [-0.15, -0.1) is 0 Å². The van der Waals surface area contributed by atoms with Gasteiger partial charge in [-0.3, -0.25) is 9.59 Å². The number of amides is 1. The van der Waals surface area contributed by atoms with Crippen LogP contribution in [0.25, 0.3) is 6.08 Å². The maximum Gasteiger partial charge on any atom is 0.307 e. The molecule has 0 heterocycles. The Balaban J connectivity index is 2.77. The molecule has 0 saturated heterocycles. The lowest BCUT2D eigenvalue weighted by atomic mass is 10.2. The molecular weight excluding hydrogens is 322 g/mol. The van der Waals surface area contributed by atoms with E-state index in [0.29, 0.717) is 19.6 Å². The molecule has 0 aliphatic carbocycles. The predicted octanol–water partition coefficient (Wildman–Crippen LogP) is 2.26. The zero-order valence-electron chi connectivity index (χ0n) is 14.9. The lowest BCUT2D eigenvalue weighted by molar-refractivity contribution is -0.141. The van der Waals surface area contributed by atoms with Crippen molar-refractivity contribution in [3.8, 4) is 5.75 Å². The van der Waals surface area contributed by atoms with Crippen molar-refractivity contribution in [1.29, 1.82) is 0 Å². The zero-order chi connectivity index (χ0) is 18.5. The van der Waals surface area contributed by atoms with Crippen LogP contribution in [0.1, 0.15) is 31.7 Å². The molecule has 0 radical (unpaired) electrons. The van der Waals surface area contributed by atoms with Gasteiger partial charge in [0.2, 0.25) is 5.91 Å². The summed E-state index contributed by atoms with van der Waals surface area (Å²) in [4.78, 5) is 25.2. The first-order chi connectivity index (χ1) is 12.1. The molecule has 0 fully saturated rings. The summed E-state index contributed by atoms with van der Waals surface area (Å²) in [5, 5.41) is 8.98. The number of ether oxygens (including phenoxy) is 2. The van der Waals surface area contributed by atoms with Crippen LogP contribution in [0.4, 0.5) is 0 Å². The van der Waals surface area contributed by atoms with Gasteiger partial charge in [0.1, 0.15) is 5.75 Å². The standard InChI is InChI=1S/C19H27NO5/c1-3-15-25-17-8-5-4-7-16(17)9-10-18(22)20(12-6-14-21)13-11-19(23)24-2/h4-5,7-10,21H,3,6,11-15H2,1-2H3/b10-9+. The van der Waals surface area contributed by atoms with Gasteiger partial charge in [-0.05, 0) is 25.0 Å². The first-order valence-electron chi connectivity index (χ1n) is 8.48. The molecule has 0 unspecified atom stereocenters. The maximum atomic E-state index is 12.4. The smallest absolute Gasteiger partial charge is 0.307 e. The molecule has 6 nitrogen and oxygen atoms in total. The summed E-state index contributed by atoms with van der Waals surface area (Å²) in [6.45, 7) is 3.26. The van der Waals surface area contributed by atoms with E-state index in [9.17, 15) is 9.59 Å². The van der Waals surface area contributed by atoms with E-state index in [4.69, 9.17) is 9.84 Å². The Hall–Kier alpha value is -2.34. The minimum atomic E-state index is -0.371. The van der Waals surface area contributed by atoms with E-state index < -0.39 is 0 Å². The molecule has 0 spiro atoms. The molecule has 0 bridgehead atoms. The highest BCUT2D eigenvalue weighted by molar-refractivity contribution is 5.92. The summed E-state index contributed by atoms with van der Waals surface area (Å²) >= 11 is 0. The number of aliphatic hydroxyl groups excluding tert-OH is 1. The third kappa shape index (κ3) is 7.85. The minimum Gasteiger partial charge on any atom is -0.493 e. The van der Waals surface area contributed by atoms with Gasteiger partial charge in [-0.1, -0.05) is 25.1 Å². The molecule has 0 aliphatic heterocycles. The molecule has 0 aromatic heterocycles. The van der Waals surface area contributed by atoms with Crippen molar-refractivity contribution in [3.63, 3.8) is 0 Å². The van der Waals surface area contributed by atoms with Crippen LogP contribution in [0, 0.1) is 0 Å². The van der Waals surface area contributed by atoms with E-state index in [1.165, 1.54) is 18.1 Å². The van der Waals surface area contributed by atoms with Crippen molar-refractivity contribution in [1.82, 2.24) is 4.90 Å². The van der Waals surface area contributed by atoms with Gasteiger partial charge in [-0.25, -0.2) is 0 Å². The van der Waals surface area contributed by atoms with Crippen molar-refractivity contribution in [3.05, 3.63) is 35.9 Å². The average Bonchev–Trinajstić information content (AvgIpc) is 2.64. The summed E-state index contributed by atoms with van der Waals surface area (Å²) in [5.74, 6) is 0.136. The Morgan fingerprint density at radius 1 is 1.24 bits per heavy atom. The van der Waals surface area contributed by atoms with Crippen LogP contribution in [0.5, 0.6) is 5.75 Å². The number of carbonyl (C=O) groups excluding carboxylic acids is 2. The topological polar surface area (TPSA) is 76.1 Å². The van der Waals surface area contributed by atoms with Gasteiger partial charge < -0.3 is 19.5 Å². The van der Waals surface area contributed by atoms with E-state index in [1.54, 1.807) is 6.08 Å². The van der Waals surface area contributed by atoms with Crippen molar-refractivity contribution in [2.45, 2.75) is 26.2 Å². The molecule has 1 N–H and O–H groups in total. The largest absolute Gasteiger partial charge is 0.493 e. The number of methoxy groups -OCH3 is 1. The number of hydrogen-bond donors (Lipinski definition) is 1. The molecule has 25 heavy (non-hydrogen) atoms. The summed E-state index contributed by atoms with van der Waals surface area (Å²) in [6, 6.07) is 7.50. The van der Waals surface area contributed by atoms with Gasteiger partial charge in [-0.2, -0.15) is 0 Å². The second kappa shape index (κ2) is 12.1. The van der Waals surface area contributed by atoms with E-state index in [2.05, 4.69) is 4.74 Å². The second-order valence-electron chi connectivity index (χ2n) is 5.45. The van der Waals surface area contributed by atoms with Crippen LogP contribution in [-0.2, 0) is 14.3 Å². The van der Waals surface area contributed by atoms with Crippen LogP contribution in [0.2, 0.25) is 0 Å². The summed E-state index contributed by atoms with van der Waals surface area (Å²) in [7, 11) is 1.31. The lowest BCUT2D eigenvalue weighted by Crippen LogP contribution is -2.33. The number of hydrogen-bond acceptors (Lipinski definition) is 5. The number of esters is 1. The molecule has 1 aromatic rings. The number of benzene rings is 1. The van der Waals surface area contributed by atoms with Gasteiger partial charge in [0, 0.05) is 31.3 Å². The molecule has 1 aromatic carbocycles. The van der Waals surface area contributed by atoms with E-state index in [-0.39, 0.29) is 31.4 Å². The quantitative estimate of drug-likeness (QED) is 0.490. The van der Waals surface area contributed by atoms with Gasteiger partial charge >= 0.3 is 5.97 Å². The zero-order valence-corrected chi connectivity index (χ0v) is 14.9. The molecule has 6 heteroatoms. The third-order valence-corrected chi connectivity index (χ3v) is 3.50. The number of para-hydroxylation sites is 1. The van der Waals surface area contributed by atoms with E-state index in [0.717, 1.165) is 17.7 Å². The van der Waals surface area contributed by atoms with Crippen molar-refractivity contribution in [2.24, 2.45) is 0 Å². The highest BCUT2D eigenvalue weighted by atomic mass is 16.5. The van der Waals surface area contributed by atoms with Crippen molar-refractivity contribution >= 4 is 18.0 Å². The fraction of sp³-hybridized carbons (Fsp3) is 0.474. The van der Waals surface area contributed by atoms with Crippen LogP contribution >= 0.6 is 0 Å². The highest BCUT2D eigenvalue weighted by Crippen LogP contribution is 2.19. The van der Waals surface area contributed by atoms with Gasteiger partial charge in [0.05, 0.1) is 20.1 Å². The number of rotatable bonds is 11. The third-order valence-electron chi connectivity index (χ3n) is 3.50. The molecule has 0 saturated carbocycles. The maximum absolute atomic E-state index is 12.4. The SMILES string of the molecule is CCCOc1ccccc1/C=C/C(=O)N(CCCO)CCC(=O)OC. The van der Waals surface area contributed by atoms with Crippen LogP contribution in [0.15, 0.2) is 30.3 Å². The Kier molecular flexibility index (Phi) is 10.0. The fourth-order valence-electron chi connectivity index (χ4n) is 2.15. The molecule has 1 rings (SSSR count). The van der Waals surface area contributed by atoms with Gasteiger partial charge in [0.25, 0.3) is 0 Å². The van der Waals surface area contributed by atoms with E-state index in [1.807, 2.05) is 31.2 Å². The Bertz CT molecular complexity index is 571. The fourth-order valence-corrected chi connectivity index (χ4v) is 2.15. The molecular formula is C19H27NO5. The predicted molar refractivity (Wildman–Crippen MR) is 96.2 cm³/mol. The normalized spacial score (nSPS) is 10.7. The van der Waals surface area contributed by atoms with Crippen molar-refractivity contribution < 1.29 is 24.2 Å². The Labute approximate surface area is 149 Å². The number of aliphatic hydroxyl groups is 1. The van der Waals surface area contributed by atoms with Crippen LogP contribution in [-0.4, -0.2) is 55.3 Å². The molecule has 0 atom stereocenters. The summed E-state index contributed by atoms with van der Waals surface area (Å²) in [5.41, 5.74) is 0.819. The van der Waals surface area contributed by atoms with Crippen LogP contribution < -0.4 is 4.74 Å². The summed E-state index contributed by atoms with van der Waals surface area (Å²) < 4.78 is 10.3. The number of carbonyl (C=O) groups is 2. The van der Waals surface area contributed by atoms with Gasteiger partial charge in [0.15, 0.2) is 0 Å². The monoisotopic (exact) mass is 349 g/mol. The van der Waals surface area contributed by atoms with E-state index >= 15 is 0 Å². The Morgan fingerprint density at radius 2 is 2.00 bits per heavy atom.